The molecule has 0 bridgehead atoms. The molecule has 0 saturated carbocycles. The van der Waals surface area contributed by atoms with Crippen LogP contribution in [0.2, 0.25) is 0 Å². The van der Waals surface area contributed by atoms with Gasteiger partial charge in [0.1, 0.15) is 0 Å². The topological polar surface area (TPSA) is 46.2 Å². The van der Waals surface area contributed by atoms with Crippen LogP contribution in [0.5, 0.6) is 0 Å². The molecule has 1 fully saturated rings. The van der Waals surface area contributed by atoms with Crippen molar-refractivity contribution in [1.82, 2.24) is 5.32 Å². The average molecular weight is 231 g/mol. The fraction of sp³-hybridized carbons (Fsp3) is 0.818. The predicted molar refractivity (Wildman–Crippen MR) is 63.7 cm³/mol. The van der Waals surface area contributed by atoms with Crippen molar-refractivity contribution in [2.75, 3.05) is 12.8 Å². The van der Waals surface area contributed by atoms with E-state index in [0.717, 1.165) is 31.3 Å². The zero-order valence-corrected chi connectivity index (χ0v) is 10.4. The van der Waals surface area contributed by atoms with Crippen LogP contribution in [-0.2, 0) is 9.84 Å². The van der Waals surface area contributed by atoms with Crippen molar-refractivity contribution in [3.63, 3.8) is 0 Å². The summed E-state index contributed by atoms with van der Waals surface area (Å²) in [6.45, 7) is 5.79. The minimum atomic E-state index is -2.88. The smallest absolute Gasteiger partial charge is 0.154 e. The van der Waals surface area contributed by atoms with Crippen LogP contribution in [0.3, 0.4) is 0 Å². The first-order valence-electron chi connectivity index (χ1n) is 5.50. The molecule has 1 saturated heterocycles. The first-order valence-corrected chi connectivity index (χ1v) is 7.22. The van der Waals surface area contributed by atoms with Gasteiger partial charge < -0.3 is 5.32 Å². The molecule has 2 unspecified atom stereocenters. The highest BCUT2D eigenvalue weighted by Crippen LogP contribution is 2.24. The third kappa shape index (κ3) is 3.31. The van der Waals surface area contributed by atoms with Crippen molar-refractivity contribution in [2.45, 2.75) is 43.9 Å². The van der Waals surface area contributed by atoms with Crippen LogP contribution in [0.4, 0.5) is 0 Å². The Hall–Kier alpha value is -0.350. The molecule has 1 aliphatic heterocycles. The Morgan fingerprint density at radius 2 is 2.20 bits per heavy atom. The van der Waals surface area contributed by atoms with Gasteiger partial charge >= 0.3 is 0 Å². The van der Waals surface area contributed by atoms with Gasteiger partial charge in [0.15, 0.2) is 9.84 Å². The Morgan fingerprint density at radius 3 is 2.67 bits per heavy atom. The molecule has 0 amide bonds. The molecule has 1 rings (SSSR count). The predicted octanol–water partition coefficient (Wildman–Crippen LogP) is 1.51. The Bertz CT molecular complexity index is 321. The van der Waals surface area contributed by atoms with E-state index in [1.165, 1.54) is 0 Å². The minimum Gasteiger partial charge on any atom is -0.315 e. The second kappa shape index (κ2) is 5.12. The normalized spacial score (nSPS) is 27.2. The van der Waals surface area contributed by atoms with Crippen LogP contribution in [0.1, 0.15) is 32.6 Å². The quantitative estimate of drug-likeness (QED) is 0.746. The van der Waals surface area contributed by atoms with E-state index in [1.54, 1.807) is 0 Å². The lowest BCUT2D eigenvalue weighted by Gasteiger charge is -2.30. The lowest BCUT2D eigenvalue weighted by atomic mass is 10.0. The minimum absolute atomic E-state index is 0.0350. The zero-order chi connectivity index (χ0) is 11.5. The van der Waals surface area contributed by atoms with E-state index in [2.05, 4.69) is 11.9 Å². The lowest BCUT2D eigenvalue weighted by molar-refractivity contribution is 0.456. The monoisotopic (exact) mass is 231 g/mol. The first-order chi connectivity index (χ1) is 6.97. The van der Waals surface area contributed by atoms with Crippen LogP contribution < -0.4 is 5.32 Å². The zero-order valence-electron chi connectivity index (χ0n) is 9.62. The van der Waals surface area contributed by atoms with Gasteiger partial charge in [0.25, 0.3) is 0 Å². The molecular weight excluding hydrogens is 210 g/mol. The summed E-state index contributed by atoms with van der Waals surface area (Å²) in [7, 11) is -1.05. The molecular formula is C11H21NO2S. The van der Waals surface area contributed by atoms with E-state index in [-0.39, 0.29) is 11.3 Å². The van der Waals surface area contributed by atoms with E-state index in [0.29, 0.717) is 5.75 Å². The van der Waals surface area contributed by atoms with E-state index in [4.69, 9.17) is 0 Å². The van der Waals surface area contributed by atoms with Gasteiger partial charge in [-0.15, -0.1) is 6.58 Å². The summed E-state index contributed by atoms with van der Waals surface area (Å²) in [5, 5.41) is 2.90. The molecule has 88 valence electrons. The first kappa shape index (κ1) is 12.7. The summed E-state index contributed by atoms with van der Waals surface area (Å²) in [5.41, 5.74) is 1.04. The molecule has 1 heterocycles. The highest BCUT2D eigenvalue weighted by molar-refractivity contribution is 7.92. The second-order valence-corrected chi connectivity index (χ2v) is 6.80. The Kier molecular flexibility index (Phi) is 4.34. The number of nitrogens with one attached hydrogen (secondary N) is 1. The van der Waals surface area contributed by atoms with Crippen LogP contribution >= 0.6 is 0 Å². The van der Waals surface area contributed by atoms with Gasteiger partial charge in [0.05, 0.1) is 11.0 Å². The molecule has 3 nitrogen and oxygen atoms in total. The van der Waals surface area contributed by atoms with Crippen molar-refractivity contribution < 1.29 is 8.42 Å². The molecule has 2 atom stereocenters. The molecule has 0 aromatic heterocycles. The largest absolute Gasteiger partial charge is 0.315 e. The van der Waals surface area contributed by atoms with Gasteiger partial charge in [-0.05, 0) is 33.2 Å². The molecule has 0 aromatic carbocycles. The summed E-state index contributed by atoms with van der Waals surface area (Å²) >= 11 is 0. The van der Waals surface area contributed by atoms with E-state index in [1.807, 2.05) is 14.0 Å². The van der Waals surface area contributed by atoms with Gasteiger partial charge in [0, 0.05) is 6.04 Å². The molecule has 0 aliphatic carbocycles. The maximum Gasteiger partial charge on any atom is 0.154 e. The third-order valence-corrected chi connectivity index (χ3v) is 5.36. The molecule has 15 heavy (non-hydrogen) atoms. The van der Waals surface area contributed by atoms with E-state index in [9.17, 15) is 8.42 Å². The van der Waals surface area contributed by atoms with Crippen LogP contribution in [0, 0.1) is 0 Å². The van der Waals surface area contributed by atoms with Crippen LogP contribution in [-0.4, -0.2) is 32.5 Å². The van der Waals surface area contributed by atoms with Crippen molar-refractivity contribution in [3.05, 3.63) is 12.2 Å². The fourth-order valence-corrected chi connectivity index (χ4v) is 4.39. The number of hydrogen-bond acceptors (Lipinski definition) is 3. The standard InChI is InChI=1S/C11H21NO2S/c1-9(2)8-10(12-3)11-6-4-5-7-15(11,13)14/h10-12H,1,4-8H2,2-3H3. The summed E-state index contributed by atoms with van der Waals surface area (Å²) in [4.78, 5) is 0. The SMILES string of the molecule is C=C(C)CC(NC)C1CCCCS1(=O)=O. The number of rotatable bonds is 4. The van der Waals surface area contributed by atoms with Crippen LogP contribution in [0.15, 0.2) is 12.2 Å². The molecule has 1 aliphatic rings. The highest BCUT2D eigenvalue weighted by Gasteiger charge is 2.34. The Morgan fingerprint density at radius 1 is 1.53 bits per heavy atom. The summed E-state index contributed by atoms with van der Waals surface area (Å²) in [6, 6.07) is 0.0350. The maximum absolute atomic E-state index is 11.9. The van der Waals surface area contributed by atoms with Gasteiger partial charge in [-0.25, -0.2) is 8.42 Å². The van der Waals surface area contributed by atoms with Crippen molar-refractivity contribution >= 4 is 9.84 Å². The summed E-state index contributed by atoms with van der Waals surface area (Å²) in [6.07, 6.45) is 3.39. The average Bonchev–Trinajstić information content (AvgIpc) is 2.14. The Balaban J connectivity index is 2.77. The summed E-state index contributed by atoms with van der Waals surface area (Å²) < 4.78 is 23.8. The van der Waals surface area contributed by atoms with E-state index >= 15 is 0 Å². The Labute approximate surface area is 92.9 Å². The highest BCUT2D eigenvalue weighted by atomic mass is 32.2. The fourth-order valence-electron chi connectivity index (χ4n) is 2.23. The third-order valence-electron chi connectivity index (χ3n) is 3.02. The number of hydrogen-bond donors (Lipinski definition) is 1. The summed E-state index contributed by atoms with van der Waals surface area (Å²) in [5.74, 6) is 0.353. The maximum atomic E-state index is 11.9. The van der Waals surface area contributed by atoms with Gasteiger partial charge in [-0.1, -0.05) is 12.0 Å². The number of sulfone groups is 1. The molecule has 0 radical (unpaired) electrons. The van der Waals surface area contributed by atoms with E-state index < -0.39 is 9.84 Å². The molecule has 1 N–H and O–H groups in total. The lowest BCUT2D eigenvalue weighted by Crippen LogP contribution is -2.45. The van der Waals surface area contributed by atoms with Crippen molar-refractivity contribution in [2.24, 2.45) is 0 Å². The van der Waals surface area contributed by atoms with Gasteiger partial charge in [-0.2, -0.15) is 0 Å². The van der Waals surface area contributed by atoms with Gasteiger partial charge in [-0.3, -0.25) is 0 Å². The molecule has 0 spiro atoms. The second-order valence-electron chi connectivity index (χ2n) is 4.46. The molecule has 4 heteroatoms. The van der Waals surface area contributed by atoms with Gasteiger partial charge in [0.2, 0.25) is 0 Å². The van der Waals surface area contributed by atoms with Crippen molar-refractivity contribution in [3.8, 4) is 0 Å². The van der Waals surface area contributed by atoms with Crippen molar-refractivity contribution in [1.29, 1.82) is 0 Å². The molecule has 0 aromatic rings. The van der Waals surface area contributed by atoms with Crippen LogP contribution in [0.25, 0.3) is 0 Å².